The van der Waals surface area contributed by atoms with Gasteiger partial charge in [0.2, 0.25) is 0 Å². The topological polar surface area (TPSA) is 42.4 Å². The zero-order valence-electron chi connectivity index (χ0n) is 7.02. The predicted molar refractivity (Wildman–Crippen MR) is 45.0 cm³/mol. The first kappa shape index (κ1) is 8.52. The third kappa shape index (κ3) is 1.72. The quantitative estimate of drug-likeness (QED) is 0.631. The Balaban J connectivity index is 2.78. The summed E-state index contributed by atoms with van der Waals surface area (Å²) in [5.74, 6) is 0.573. The van der Waals surface area contributed by atoms with Crippen LogP contribution in [0.5, 0.6) is 0 Å². The highest BCUT2D eigenvalue weighted by Crippen LogP contribution is 2.06. The number of amides is 1. The molecule has 1 rings (SSSR count). The first-order chi connectivity index (χ1) is 5.75. The van der Waals surface area contributed by atoms with Gasteiger partial charge in [-0.05, 0) is 12.1 Å². The highest BCUT2D eigenvalue weighted by molar-refractivity contribution is 5.85. The lowest BCUT2D eigenvalue weighted by atomic mass is 10.4. The van der Waals surface area contributed by atoms with Crippen LogP contribution in [-0.4, -0.2) is 25.2 Å². The summed E-state index contributed by atoms with van der Waals surface area (Å²) in [5.41, 5.74) is 0. The largest absolute Gasteiger partial charge is 0.452 e. The van der Waals surface area contributed by atoms with Crippen LogP contribution in [0.4, 0.5) is 10.6 Å². The molecular formula is C8H10N2O2. The first-order valence-corrected chi connectivity index (χ1v) is 3.48. The molecule has 0 radical (unpaired) electrons. The minimum atomic E-state index is -0.423. The molecule has 0 aliphatic carbocycles. The van der Waals surface area contributed by atoms with Crippen molar-refractivity contribution >= 4 is 11.9 Å². The molecule has 0 saturated carbocycles. The maximum absolute atomic E-state index is 11.0. The second kappa shape index (κ2) is 3.71. The number of anilines is 1. The molecule has 12 heavy (non-hydrogen) atoms. The molecule has 0 saturated heterocycles. The van der Waals surface area contributed by atoms with Crippen LogP contribution < -0.4 is 4.90 Å². The number of hydrogen-bond donors (Lipinski definition) is 0. The summed E-state index contributed by atoms with van der Waals surface area (Å²) < 4.78 is 4.51. The van der Waals surface area contributed by atoms with Gasteiger partial charge in [-0.15, -0.1) is 0 Å². The van der Waals surface area contributed by atoms with Crippen molar-refractivity contribution in [1.82, 2.24) is 4.98 Å². The SMILES string of the molecule is COC(=O)N(C)c1ccccn1. The van der Waals surface area contributed by atoms with Gasteiger partial charge in [0.25, 0.3) is 0 Å². The molecule has 0 aliphatic heterocycles. The van der Waals surface area contributed by atoms with E-state index < -0.39 is 6.09 Å². The Morgan fingerprint density at radius 2 is 2.33 bits per heavy atom. The standard InChI is InChI=1S/C8H10N2O2/c1-10(8(11)12-2)7-5-3-4-6-9-7/h3-6H,1-2H3. The Morgan fingerprint density at radius 3 is 2.83 bits per heavy atom. The predicted octanol–water partition coefficient (Wildman–Crippen LogP) is 1.28. The van der Waals surface area contributed by atoms with Crippen molar-refractivity contribution in [3.63, 3.8) is 0 Å². The lowest BCUT2D eigenvalue weighted by Gasteiger charge is -2.13. The molecular weight excluding hydrogens is 156 g/mol. The van der Waals surface area contributed by atoms with Crippen LogP contribution in [0.25, 0.3) is 0 Å². The molecule has 1 aromatic heterocycles. The maximum Gasteiger partial charge on any atom is 0.414 e. The maximum atomic E-state index is 11.0. The number of methoxy groups -OCH3 is 1. The van der Waals surface area contributed by atoms with Gasteiger partial charge >= 0.3 is 6.09 Å². The number of ether oxygens (including phenoxy) is 1. The fourth-order valence-electron chi connectivity index (χ4n) is 0.783. The Morgan fingerprint density at radius 1 is 1.58 bits per heavy atom. The summed E-state index contributed by atoms with van der Waals surface area (Å²) in [4.78, 5) is 16.3. The van der Waals surface area contributed by atoms with Crippen LogP contribution in [-0.2, 0) is 4.74 Å². The van der Waals surface area contributed by atoms with E-state index in [2.05, 4.69) is 9.72 Å². The average Bonchev–Trinajstić information content (AvgIpc) is 2.17. The van der Waals surface area contributed by atoms with E-state index in [1.54, 1.807) is 25.4 Å². The highest BCUT2D eigenvalue weighted by atomic mass is 16.5. The van der Waals surface area contributed by atoms with Crippen molar-refractivity contribution in [2.45, 2.75) is 0 Å². The molecule has 1 aromatic rings. The zero-order chi connectivity index (χ0) is 8.97. The van der Waals surface area contributed by atoms with Crippen molar-refractivity contribution < 1.29 is 9.53 Å². The molecule has 0 fully saturated rings. The number of rotatable bonds is 1. The molecule has 4 nitrogen and oxygen atoms in total. The lowest BCUT2D eigenvalue weighted by Crippen LogP contribution is -2.26. The summed E-state index contributed by atoms with van der Waals surface area (Å²) in [6.07, 6.45) is 1.20. The highest BCUT2D eigenvalue weighted by Gasteiger charge is 2.09. The molecule has 64 valence electrons. The van der Waals surface area contributed by atoms with Gasteiger partial charge in [0.1, 0.15) is 5.82 Å². The third-order valence-electron chi connectivity index (χ3n) is 1.44. The number of hydrogen-bond acceptors (Lipinski definition) is 3. The lowest BCUT2D eigenvalue weighted by molar-refractivity contribution is 0.180. The van der Waals surface area contributed by atoms with Gasteiger partial charge in [-0.25, -0.2) is 9.78 Å². The Labute approximate surface area is 70.8 Å². The van der Waals surface area contributed by atoms with Crippen LogP contribution >= 0.6 is 0 Å². The van der Waals surface area contributed by atoms with Crippen molar-refractivity contribution in [2.24, 2.45) is 0 Å². The van der Waals surface area contributed by atoms with E-state index in [1.807, 2.05) is 6.07 Å². The van der Waals surface area contributed by atoms with Gasteiger partial charge in [0.15, 0.2) is 0 Å². The van der Waals surface area contributed by atoms with Gasteiger partial charge in [-0.3, -0.25) is 4.90 Å². The van der Waals surface area contributed by atoms with E-state index in [0.717, 1.165) is 0 Å². The van der Waals surface area contributed by atoms with E-state index in [1.165, 1.54) is 12.0 Å². The Kier molecular flexibility index (Phi) is 2.63. The van der Waals surface area contributed by atoms with Gasteiger partial charge in [-0.2, -0.15) is 0 Å². The molecule has 1 heterocycles. The summed E-state index contributed by atoms with van der Waals surface area (Å²) in [6, 6.07) is 5.33. The molecule has 0 unspecified atom stereocenters. The summed E-state index contributed by atoms with van der Waals surface area (Å²) in [5, 5.41) is 0. The van der Waals surface area contributed by atoms with Crippen LogP contribution in [0.15, 0.2) is 24.4 Å². The van der Waals surface area contributed by atoms with Crippen molar-refractivity contribution in [3.8, 4) is 0 Å². The summed E-state index contributed by atoms with van der Waals surface area (Å²) >= 11 is 0. The van der Waals surface area contributed by atoms with E-state index >= 15 is 0 Å². The van der Waals surface area contributed by atoms with E-state index in [9.17, 15) is 4.79 Å². The van der Waals surface area contributed by atoms with Crippen LogP contribution in [0, 0.1) is 0 Å². The molecule has 0 spiro atoms. The second-order valence-electron chi connectivity index (χ2n) is 2.22. The molecule has 4 heteroatoms. The first-order valence-electron chi connectivity index (χ1n) is 3.48. The summed E-state index contributed by atoms with van der Waals surface area (Å²) in [6.45, 7) is 0. The normalized spacial score (nSPS) is 9.17. The number of carbonyl (C=O) groups is 1. The van der Waals surface area contributed by atoms with Crippen LogP contribution in [0.3, 0.4) is 0 Å². The van der Waals surface area contributed by atoms with E-state index in [-0.39, 0.29) is 0 Å². The van der Waals surface area contributed by atoms with Crippen LogP contribution in [0.1, 0.15) is 0 Å². The van der Waals surface area contributed by atoms with E-state index in [0.29, 0.717) is 5.82 Å². The smallest absolute Gasteiger partial charge is 0.414 e. The molecule has 1 amide bonds. The minimum absolute atomic E-state index is 0.423. The Bertz CT molecular complexity index is 261. The monoisotopic (exact) mass is 166 g/mol. The molecule has 0 N–H and O–H groups in total. The molecule has 0 aromatic carbocycles. The minimum Gasteiger partial charge on any atom is -0.452 e. The number of nitrogens with zero attached hydrogens (tertiary/aromatic N) is 2. The third-order valence-corrected chi connectivity index (χ3v) is 1.44. The van der Waals surface area contributed by atoms with Crippen molar-refractivity contribution in [2.75, 3.05) is 19.1 Å². The van der Waals surface area contributed by atoms with Gasteiger partial charge in [0.05, 0.1) is 7.11 Å². The van der Waals surface area contributed by atoms with Gasteiger partial charge in [-0.1, -0.05) is 6.07 Å². The average molecular weight is 166 g/mol. The van der Waals surface area contributed by atoms with E-state index in [4.69, 9.17) is 0 Å². The number of pyridine rings is 1. The van der Waals surface area contributed by atoms with Gasteiger partial charge in [0, 0.05) is 13.2 Å². The molecule has 0 aliphatic rings. The molecule has 0 atom stereocenters. The number of carbonyl (C=O) groups excluding carboxylic acids is 1. The Hall–Kier alpha value is -1.58. The van der Waals surface area contributed by atoms with Gasteiger partial charge < -0.3 is 4.74 Å². The van der Waals surface area contributed by atoms with Crippen LogP contribution in [0.2, 0.25) is 0 Å². The fraction of sp³-hybridized carbons (Fsp3) is 0.250. The van der Waals surface area contributed by atoms with Crippen molar-refractivity contribution in [1.29, 1.82) is 0 Å². The summed E-state index contributed by atoms with van der Waals surface area (Å²) in [7, 11) is 2.94. The van der Waals surface area contributed by atoms with Crippen molar-refractivity contribution in [3.05, 3.63) is 24.4 Å². The second-order valence-corrected chi connectivity index (χ2v) is 2.22. The molecule has 0 bridgehead atoms. The zero-order valence-corrected chi connectivity index (χ0v) is 7.02. The number of aromatic nitrogens is 1. The fourth-order valence-corrected chi connectivity index (χ4v) is 0.783.